The maximum Gasteiger partial charge on any atom is 0.335 e. The van der Waals surface area contributed by atoms with Gasteiger partial charge in [-0.2, -0.15) is 0 Å². The maximum absolute atomic E-state index is 12.1. The van der Waals surface area contributed by atoms with Gasteiger partial charge in [0.05, 0.1) is 10.5 Å². The second kappa shape index (κ2) is 6.49. The highest BCUT2D eigenvalue weighted by Crippen LogP contribution is 2.12. The molecule has 0 aliphatic carbocycles. The highest BCUT2D eigenvalue weighted by atomic mass is 32.2. The first kappa shape index (κ1) is 16.5. The van der Waals surface area contributed by atoms with E-state index in [9.17, 15) is 18.0 Å². The number of rotatable bonds is 4. The first-order valence-electron chi connectivity index (χ1n) is 6.52. The van der Waals surface area contributed by atoms with Crippen LogP contribution < -0.4 is 10.0 Å². The lowest BCUT2D eigenvalue weighted by Crippen LogP contribution is -2.34. The van der Waals surface area contributed by atoms with E-state index in [1.54, 1.807) is 12.1 Å². The Morgan fingerprint density at radius 1 is 1.04 bits per heavy atom. The molecule has 2 rings (SSSR count). The third-order valence-electron chi connectivity index (χ3n) is 2.93. The number of carbonyl (C=O) groups is 2. The molecule has 0 saturated carbocycles. The van der Waals surface area contributed by atoms with Gasteiger partial charge in [-0.3, -0.25) is 0 Å². The smallest absolute Gasteiger partial charge is 0.335 e. The minimum atomic E-state index is -4.00. The zero-order chi connectivity index (χ0) is 17.0. The van der Waals surface area contributed by atoms with Gasteiger partial charge in [0.15, 0.2) is 0 Å². The minimum absolute atomic E-state index is 0.0239. The Hall–Kier alpha value is -2.87. The SMILES string of the molecule is Cc1ccc(S(=O)(=O)NC(=O)Nc2cccc(C(=O)O)c2)cc1. The van der Waals surface area contributed by atoms with Crippen LogP contribution in [0.15, 0.2) is 53.4 Å². The average Bonchev–Trinajstić information content (AvgIpc) is 2.47. The first-order chi connectivity index (χ1) is 10.8. The van der Waals surface area contributed by atoms with E-state index in [4.69, 9.17) is 5.11 Å². The second-order valence-electron chi connectivity index (χ2n) is 4.76. The van der Waals surface area contributed by atoms with Crippen molar-refractivity contribution in [2.45, 2.75) is 11.8 Å². The number of carbonyl (C=O) groups excluding carboxylic acids is 1. The molecule has 0 heterocycles. The van der Waals surface area contributed by atoms with Crippen LogP contribution in [-0.2, 0) is 10.0 Å². The van der Waals surface area contributed by atoms with Crippen molar-refractivity contribution in [1.82, 2.24) is 4.72 Å². The lowest BCUT2D eigenvalue weighted by Gasteiger charge is -2.09. The molecule has 0 radical (unpaired) electrons. The van der Waals surface area contributed by atoms with E-state index in [0.29, 0.717) is 0 Å². The van der Waals surface area contributed by atoms with E-state index in [0.717, 1.165) is 5.56 Å². The number of aryl methyl sites for hydroxylation is 1. The Balaban J connectivity index is 2.11. The van der Waals surface area contributed by atoms with Crippen molar-refractivity contribution in [3.8, 4) is 0 Å². The predicted octanol–water partition coefficient (Wildman–Crippen LogP) is 2.20. The molecular weight excluding hydrogens is 320 g/mol. The Kier molecular flexibility index (Phi) is 4.65. The van der Waals surface area contributed by atoms with Crippen LogP contribution in [0.5, 0.6) is 0 Å². The molecule has 0 unspecified atom stereocenters. The molecule has 2 aromatic carbocycles. The molecule has 0 aliphatic heterocycles. The second-order valence-corrected chi connectivity index (χ2v) is 6.44. The van der Waals surface area contributed by atoms with E-state index in [2.05, 4.69) is 5.32 Å². The fourth-order valence-electron chi connectivity index (χ4n) is 1.78. The highest BCUT2D eigenvalue weighted by Gasteiger charge is 2.17. The first-order valence-corrected chi connectivity index (χ1v) is 8.00. The molecule has 7 nitrogen and oxygen atoms in total. The molecule has 23 heavy (non-hydrogen) atoms. The number of urea groups is 1. The fourth-order valence-corrected chi connectivity index (χ4v) is 2.69. The summed E-state index contributed by atoms with van der Waals surface area (Å²) < 4.78 is 26.0. The number of carboxylic acid groups (broad SMARTS) is 1. The van der Waals surface area contributed by atoms with E-state index in [1.807, 2.05) is 11.6 Å². The number of hydrogen-bond donors (Lipinski definition) is 3. The van der Waals surface area contributed by atoms with Crippen LogP contribution in [0.1, 0.15) is 15.9 Å². The molecule has 0 spiro atoms. The van der Waals surface area contributed by atoms with Crippen molar-refractivity contribution >= 4 is 27.7 Å². The summed E-state index contributed by atoms with van der Waals surface area (Å²) in [7, 11) is -4.00. The molecular formula is C15H14N2O5S. The van der Waals surface area contributed by atoms with E-state index >= 15 is 0 Å². The molecule has 2 aromatic rings. The Bertz CT molecular complexity index is 844. The van der Waals surface area contributed by atoms with Crippen LogP contribution in [0.4, 0.5) is 10.5 Å². The highest BCUT2D eigenvalue weighted by molar-refractivity contribution is 7.90. The summed E-state index contributed by atoms with van der Waals surface area (Å²) in [6, 6.07) is 10.5. The number of sulfonamides is 1. The maximum atomic E-state index is 12.1. The number of benzene rings is 2. The van der Waals surface area contributed by atoms with Gasteiger partial charge >= 0.3 is 12.0 Å². The quantitative estimate of drug-likeness (QED) is 0.793. The van der Waals surface area contributed by atoms with Crippen molar-refractivity contribution in [3.63, 3.8) is 0 Å². The van der Waals surface area contributed by atoms with Crippen molar-refractivity contribution in [3.05, 3.63) is 59.7 Å². The molecule has 0 atom stereocenters. The summed E-state index contributed by atoms with van der Waals surface area (Å²) in [5, 5.41) is 11.2. The molecule has 0 aromatic heterocycles. The van der Waals surface area contributed by atoms with Gasteiger partial charge in [-0.05, 0) is 37.3 Å². The van der Waals surface area contributed by atoms with Crippen LogP contribution in [0.25, 0.3) is 0 Å². The molecule has 0 saturated heterocycles. The molecule has 2 amide bonds. The zero-order valence-corrected chi connectivity index (χ0v) is 12.9. The molecule has 0 fully saturated rings. The summed E-state index contributed by atoms with van der Waals surface area (Å²) in [5.41, 5.74) is 1.03. The van der Waals surface area contributed by atoms with Crippen LogP contribution in [0.3, 0.4) is 0 Å². The van der Waals surface area contributed by atoms with Crippen molar-refractivity contribution in [1.29, 1.82) is 0 Å². The topological polar surface area (TPSA) is 113 Å². The van der Waals surface area contributed by atoms with Gasteiger partial charge in [-0.1, -0.05) is 23.8 Å². The molecule has 120 valence electrons. The number of anilines is 1. The number of hydrogen-bond acceptors (Lipinski definition) is 4. The van der Waals surface area contributed by atoms with Gasteiger partial charge in [0, 0.05) is 5.69 Å². The molecule has 0 bridgehead atoms. The predicted molar refractivity (Wildman–Crippen MR) is 83.9 cm³/mol. The van der Waals surface area contributed by atoms with E-state index in [-0.39, 0.29) is 16.1 Å². The van der Waals surface area contributed by atoms with Gasteiger partial charge in [-0.25, -0.2) is 22.7 Å². The van der Waals surface area contributed by atoms with E-state index < -0.39 is 22.0 Å². The van der Waals surface area contributed by atoms with Gasteiger partial charge in [-0.15, -0.1) is 0 Å². The largest absolute Gasteiger partial charge is 0.478 e. The normalized spacial score (nSPS) is 10.8. The zero-order valence-electron chi connectivity index (χ0n) is 12.1. The fraction of sp³-hybridized carbons (Fsp3) is 0.0667. The Morgan fingerprint density at radius 3 is 2.30 bits per heavy atom. The number of nitrogens with one attached hydrogen (secondary N) is 2. The third-order valence-corrected chi connectivity index (χ3v) is 4.27. The van der Waals surface area contributed by atoms with Gasteiger partial charge in [0.2, 0.25) is 0 Å². The Morgan fingerprint density at radius 2 is 1.70 bits per heavy atom. The van der Waals surface area contributed by atoms with Crippen LogP contribution in [0.2, 0.25) is 0 Å². The van der Waals surface area contributed by atoms with Crippen LogP contribution in [0, 0.1) is 6.92 Å². The average molecular weight is 334 g/mol. The minimum Gasteiger partial charge on any atom is -0.478 e. The summed E-state index contributed by atoms with van der Waals surface area (Å²) in [6.45, 7) is 1.81. The summed E-state index contributed by atoms with van der Waals surface area (Å²) >= 11 is 0. The lowest BCUT2D eigenvalue weighted by atomic mass is 10.2. The monoisotopic (exact) mass is 334 g/mol. The number of amides is 2. The summed E-state index contributed by atoms with van der Waals surface area (Å²) in [4.78, 5) is 22.6. The standard InChI is InChI=1S/C15H14N2O5S/c1-10-5-7-13(8-6-10)23(21,22)17-15(20)16-12-4-2-3-11(9-12)14(18)19/h2-9H,1H3,(H,18,19)(H2,16,17,20). The van der Waals surface area contributed by atoms with Gasteiger partial charge in [0.25, 0.3) is 10.0 Å². The molecule has 3 N–H and O–H groups in total. The van der Waals surface area contributed by atoms with Crippen LogP contribution in [-0.4, -0.2) is 25.5 Å². The Labute approximate surface area is 133 Å². The number of carboxylic acids is 1. The van der Waals surface area contributed by atoms with Crippen molar-refractivity contribution in [2.75, 3.05) is 5.32 Å². The van der Waals surface area contributed by atoms with Crippen LogP contribution >= 0.6 is 0 Å². The summed E-state index contributed by atoms with van der Waals surface area (Å²) in [5.74, 6) is -1.15. The van der Waals surface area contributed by atoms with Crippen molar-refractivity contribution < 1.29 is 23.1 Å². The number of aromatic carboxylic acids is 1. The van der Waals surface area contributed by atoms with Crippen molar-refractivity contribution in [2.24, 2.45) is 0 Å². The summed E-state index contributed by atoms with van der Waals surface area (Å²) in [6.07, 6.45) is 0. The lowest BCUT2D eigenvalue weighted by molar-refractivity contribution is 0.0697. The molecule has 0 aliphatic rings. The van der Waals surface area contributed by atoms with Gasteiger partial charge < -0.3 is 10.4 Å². The van der Waals surface area contributed by atoms with Gasteiger partial charge in [0.1, 0.15) is 0 Å². The molecule has 8 heteroatoms. The third kappa shape index (κ3) is 4.30. The van der Waals surface area contributed by atoms with E-state index in [1.165, 1.54) is 36.4 Å².